The molecule has 0 saturated heterocycles. The Kier molecular flexibility index (Phi) is 6.10. The highest BCUT2D eigenvalue weighted by atomic mass is 16.5. The van der Waals surface area contributed by atoms with Crippen LogP contribution in [0.15, 0.2) is 18.2 Å². The fourth-order valence-corrected chi connectivity index (χ4v) is 1.59. The van der Waals surface area contributed by atoms with Crippen LogP contribution in [-0.2, 0) is 6.42 Å². The van der Waals surface area contributed by atoms with Crippen LogP contribution < -0.4 is 15.2 Å². The Balaban J connectivity index is 2.78. The summed E-state index contributed by atoms with van der Waals surface area (Å²) in [6.07, 6.45) is 1.81. The molecule has 0 bridgehead atoms. The standard InChI is InChI=1S/C15H21NO2/c1-4-6-9-18-14-8-7-12(10-13(16)5-2)11-15(14)17-3/h7-8,11,13H,5,9-10,16H2,1-3H3. The van der Waals surface area contributed by atoms with Crippen LogP contribution in [-0.4, -0.2) is 19.8 Å². The lowest BCUT2D eigenvalue weighted by Crippen LogP contribution is -2.21. The average Bonchev–Trinajstić information content (AvgIpc) is 2.40. The summed E-state index contributed by atoms with van der Waals surface area (Å²) in [6.45, 7) is 4.25. The first kappa shape index (κ1) is 14.4. The molecule has 3 heteroatoms. The van der Waals surface area contributed by atoms with Gasteiger partial charge in [-0.25, -0.2) is 0 Å². The monoisotopic (exact) mass is 247 g/mol. The fraction of sp³-hybridized carbons (Fsp3) is 0.467. The lowest BCUT2D eigenvalue weighted by Gasteiger charge is -2.13. The predicted molar refractivity (Wildman–Crippen MR) is 73.9 cm³/mol. The fourth-order valence-electron chi connectivity index (χ4n) is 1.59. The second-order valence-electron chi connectivity index (χ2n) is 4.07. The van der Waals surface area contributed by atoms with Gasteiger partial charge in [0.05, 0.1) is 7.11 Å². The van der Waals surface area contributed by atoms with Gasteiger partial charge in [0, 0.05) is 6.04 Å². The van der Waals surface area contributed by atoms with E-state index in [1.165, 1.54) is 0 Å². The van der Waals surface area contributed by atoms with Crippen molar-refractivity contribution in [3.63, 3.8) is 0 Å². The zero-order chi connectivity index (χ0) is 13.4. The van der Waals surface area contributed by atoms with E-state index in [2.05, 4.69) is 18.8 Å². The maximum Gasteiger partial charge on any atom is 0.162 e. The molecule has 0 heterocycles. The number of ether oxygens (including phenoxy) is 2. The van der Waals surface area contributed by atoms with Gasteiger partial charge in [-0.15, -0.1) is 5.92 Å². The molecule has 1 aromatic rings. The van der Waals surface area contributed by atoms with Crippen molar-refractivity contribution in [2.75, 3.05) is 13.7 Å². The Morgan fingerprint density at radius 2 is 2.11 bits per heavy atom. The summed E-state index contributed by atoms with van der Waals surface area (Å²) in [6, 6.07) is 6.10. The summed E-state index contributed by atoms with van der Waals surface area (Å²) in [5, 5.41) is 0. The Bertz CT molecular complexity index is 432. The van der Waals surface area contributed by atoms with E-state index in [1.54, 1.807) is 14.0 Å². The van der Waals surface area contributed by atoms with E-state index in [0.717, 1.165) is 24.2 Å². The van der Waals surface area contributed by atoms with Crippen molar-refractivity contribution in [3.8, 4) is 23.3 Å². The molecule has 0 spiro atoms. The summed E-state index contributed by atoms with van der Waals surface area (Å²) in [4.78, 5) is 0. The van der Waals surface area contributed by atoms with Crippen LogP contribution >= 0.6 is 0 Å². The summed E-state index contributed by atoms with van der Waals surface area (Å²) in [5.41, 5.74) is 7.10. The lowest BCUT2D eigenvalue weighted by molar-refractivity contribution is 0.330. The van der Waals surface area contributed by atoms with Crippen LogP contribution in [0.25, 0.3) is 0 Å². The molecule has 0 amide bonds. The molecule has 0 aliphatic carbocycles. The Hall–Kier alpha value is -1.66. The van der Waals surface area contributed by atoms with Gasteiger partial charge in [0.1, 0.15) is 6.61 Å². The molecule has 0 saturated carbocycles. The summed E-state index contributed by atoms with van der Waals surface area (Å²) in [5.74, 6) is 7.09. The third-order valence-corrected chi connectivity index (χ3v) is 2.73. The van der Waals surface area contributed by atoms with Crippen LogP contribution in [0.1, 0.15) is 25.8 Å². The molecule has 1 unspecified atom stereocenters. The lowest BCUT2D eigenvalue weighted by atomic mass is 10.0. The molecule has 0 fully saturated rings. The highest BCUT2D eigenvalue weighted by molar-refractivity contribution is 5.43. The molecule has 1 aromatic carbocycles. The van der Waals surface area contributed by atoms with E-state index in [0.29, 0.717) is 12.4 Å². The number of benzene rings is 1. The van der Waals surface area contributed by atoms with Crippen molar-refractivity contribution in [1.82, 2.24) is 0 Å². The van der Waals surface area contributed by atoms with E-state index in [9.17, 15) is 0 Å². The molecule has 0 aliphatic rings. The third kappa shape index (κ3) is 4.31. The van der Waals surface area contributed by atoms with Crippen molar-refractivity contribution in [1.29, 1.82) is 0 Å². The van der Waals surface area contributed by atoms with E-state index < -0.39 is 0 Å². The van der Waals surface area contributed by atoms with Crippen LogP contribution in [0.3, 0.4) is 0 Å². The molecule has 3 nitrogen and oxygen atoms in total. The quantitative estimate of drug-likeness (QED) is 0.785. The highest BCUT2D eigenvalue weighted by Gasteiger charge is 2.07. The molecular weight excluding hydrogens is 226 g/mol. The minimum absolute atomic E-state index is 0.187. The van der Waals surface area contributed by atoms with Crippen molar-refractivity contribution < 1.29 is 9.47 Å². The molecule has 98 valence electrons. The van der Waals surface area contributed by atoms with Gasteiger partial charge in [-0.1, -0.05) is 18.9 Å². The van der Waals surface area contributed by atoms with Gasteiger partial charge in [0.2, 0.25) is 0 Å². The molecule has 1 atom stereocenters. The van der Waals surface area contributed by atoms with E-state index in [4.69, 9.17) is 15.2 Å². The third-order valence-electron chi connectivity index (χ3n) is 2.73. The van der Waals surface area contributed by atoms with Gasteiger partial charge < -0.3 is 15.2 Å². The molecule has 2 N–H and O–H groups in total. The number of hydrogen-bond donors (Lipinski definition) is 1. The predicted octanol–water partition coefficient (Wildman–Crippen LogP) is 2.38. The maximum atomic E-state index is 5.94. The van der Waals surface area contributed by atoms with Gasteiger partial charge in [-0.3, -0.25) is 0 Å². The van der Waals surface area contributed by atoms with E-state index >= 15 is 0 Å². The van der Waals surface area contributed by atoms with Crippen molar-refractivity contribution >= 4 is 0 Å². The van der Waals surface area contributed by atoms with Gasteiger partial charge in [-0.05, 0) is 37.5 Å². The smallest absolute Gasteiger partial charge is 0.162 e. The number of hydrogen-bond acceptors (Lipinski definition) is 3. The minimum Gasteiger partial charge on any atom is -0.493 e. The second kappa shape index (κ2) is 7.62. The van der Waals surface area contributed by atoms with Crippen molar-refractivity contribution in [2.24, 2.45) is 5.73 Å². The molecule has 1 rings (SSSR count). The van der Waals surface area contributed by atoms with Crippen molar-refractivity contribution in [2.45, 2.75) is 32.7 Å². The Morgan fingerprint density at radius 1 is 1.33 bits per heavy atom. The van der Waals surface area contributed by atoms with Crippen molar-refractivity contribution in [3.05, 3.63) is 23.8 Å². The van der Waals surface area contributed by atoms with Gasteiger partial charge in [-0.2, -0.15) is 0 Å². The summed E-state index contributed by atoms with van der Waals surface area (Å²) >= 11 is 0. The van der Waals surface area contributed by atoms with Gasteiger partial charge in [0.15, 0.2) is 11.5 Å². The molecular formula is C15H21NO2. The molecule has 0 aromatic heterocycles. The minimum atomic E-state index is 0.187. The zero-order valence-electron chi connectivity index (χ0n) is 11.3. The summed E-state index contributed by atoms with van der Waals surface area (Å²) < 4.78 is 10.8. The molecule has 0 radical (unpaired) electrons. The number of nitrogens with two attached hydrogens (primary N) is 1. The Labute approximate surface area is 109 Å². The zero-order valence-corrected chi connectivity index (χ0v) is 11.3. The van der Waals surface area contributed by atoms with Crippen LogP contribution in [0.2, 0.25) is 0 Å². The normalized spacial score (nSPS) is 11.3. The van der Waals surface area contributed by atoms with Crippen LogP contribution in [0.4, 0.5) is 0 Å². The first-order valence-electron chi connectivity index (χ1n) is 6.16. The SMILES string of the molecule is CC#CCOc1ccc(CC(N)CC)cc1OC. The van der Waals surface area contributed by atoms with Gasteiger partial charge in [0.25, 0.3) is 0 Å². The second-order valence-corrected chi connectivity index (χ2v) is 4.07. The van der Waals surface area contributed by atoms with Crippen LogP contribution in [0, 0.1) is 11.8 Å². The number of rotatable bonds is 6. The van der Waals surface area contributed by atoms with E-state index in [1.807, 2.05) is 18.2 Å². The summed E-state index contributed by atoms with van der Waals surface area (Å²) in [7, 11) is 1.64. The Morgan fingerprint density at radius 3 is 2.72 bits per heavy atom. The topological polar surface area (TPSA) is 44.5 Å². The average molecular weight is 247 g/mol. The van der Waals surface area contributed by atoms with E-state index in [-0.39, 0.29) is 6.04 Å². The van der Waals surface area contributed by atoms with Crippen LogP contribution in [0.5, 0.6) is 11.5 Å². The van der Waals surface area contributed by atoms with Gasteiger partial charge >= 0.3 is 0 Å². The molecule has 0 aliphatic heterocycles. The largest absolute Gasteiger partial charge is 0.493 e. The molecule has 18 heavy (non-hydrogen) atoms. The first-order valence-corrected chi connectivity index (χ1v) is 6.16. The highest BCUT2D eigenvalue weighted by Crippen LogP contribution is 2.28. The number of methoxy groups -OCH3 is 1. The maximum absolute atomic E-state index is 5.94. The first-order chi connectivity index (χ1) is 8.71.